The van der Waals surface area contributed by atoms with Gasteiger partial charge in [0.15, 0.2) is 0 Å². The number of morpholine rings is 1. The van der Waals surface area contributed by atoms with Crippen LogP contribution in [0.3, 0.4) is 0 Å². The lowest BCUT2D eigenvalue weighted by molar-refractivity contribution is -0.00522. The lowest BCUT2D eigenvalue weighted by Gasteiger charge is -2.37. The van der Waals surface area contributed by atoms with E-state index in [2.05, 4.69) is 4.90 Å². The third kappa shape index (κ3) is 2.80. The van der Waals surface area contributed by atoms with Gasteiger partial charge in [-0.1, -0.05) is 6.07 Å². The largest absolute Gasteiger partial charge is 0.372 e. The molecule has 1 fully saturated rings. The first-order valence-electron chi connectivity index (χ1n) is 6.26. The van der Waals surface area contributed by atoms with Gasteiger partial charge in [-0.3, -0.25) is 0 Å². The third-order valence-electron chi connectivity index (χ3n) is 3.28. The maximum absolute atomic E-state index is 12.9. The minimum Gasteiger partial charge on any atom is -0.372 e. The van der Waals surface area contributed by atoms with Crippen molar-refractivity contribution in [1.82, 2.24) is 0 Å². The van der Waals surface area contributed by atoms with E-state index < -0.39 is 6.43 Å². The van der Waals surface area contributed by atoms with Crippen LogP contribution in [0.5, 0.6) is 0 Å². The fraction of sp³-hybridized carbons (Fsp3) is 0.571. The van der Waals surface area contributed by atoms with Crippen LogP contribution in [0.25, 0.3) is 0 Å². The van der Waals surface area contributed by atoms with Crippen LogP contribution >= 0.6 is 0 Å². The third-order valence-corrected chi connectivity index (χ3v) is 3.28. The molecule has 0 radical (unpaired) electrons. The van der Waals surface area contributed by atoms with Gasteiger partial charge in [0.2, 0.25) is 0 Å². The summed E-state index contributed by atoms with van der Waals surface area (Å²) >= 11 is 0. The first-order valence-corrected chi connectivity index (χ1v) is 6.26. The molecule has 2 nitrogen and oxygen atoms in total. The Morgan fingerprint density at radius 3 is 2.39 bits per heavy atom. The second-order valence-electron chi connectivity index (χ2n) is 5.00. The summed E-state index contributed by atoms with van der Waals surface area (Å²) in [5.41, 5.74) is 1.63. The highest BCUT2D eigenvalue weighted by atomic mass is 19.3. The van der Waals surface area contributed by atoms with E-state index >= 15 is 0 Å². The summed E-state index contributed by atoms with van der Waals surface area (Å²) in [6, 6.07) is 5.28. The summed E-state index contributed by atoms with van der Waals surface area (Å²) < 4.78 is 31.4. The average molecular weight is 255 g/mol. The van der Waals surface area contributed by atoms with Gasteiger partial charge in [-0.2, -0.15) is 0 Å². The van der Waals surface area contributed by atoms with Crippen molar-refractivity contribution in [2.75, 3.05) is 18.0 Å². The summed E-state index contributed by atoms with van der Waals surface area (Å²) in [6.07, 6.45) is -2.16. The number of rotatable bonds is 2. The van der Waals surface area contributed by atoms with Gasteiger partial charge in [-0.05, 0) is 38.5 Å². The first kappa shape index (κ1) is 13.3. The lowest BCUT2D eigenvalue weighted by Crippen LogP contribution is -2.45. The minimum atomic E-state index is -2.42. The molecular formula is C14H19F2NO. The van der Waals surface area contributed by atoms with E-state index in [-0.39, 0.29) is 17.8 Å². The number of nitrogens with zero attached hydrogens (tertiary/aromatic N) is 1. The van der Waals surface area contributed by atoms with Crippen molar-refractivity contribution < 1.29 is 13.5 Å². The number of hydrogen-bond donors (Lipinski definition) is 0. The standard InChI is InChI=1S/C14H19F2NO/c1-9-4-5-12(6-13(9)14(15)16)17-7-10(2)18-11(3)8-17/h4-6,10-11,14H,7-8H2,1-3H3/t10-,11+. The van der Waals surface area contributed by atoms with E-state index in [4.69, 9.17) is 4.74 Å². The smallest absolute Gasteiger partial charge is 0.264 e. The Morgan fingerprint density at radius 2 is 1.83 bits per heavy atom. The van der Waals surface area contributed by atoms with Crippen LogP contribution in [0.15, 0.2) is 18.2 Å². The van der Waals surface area contributed by atoms with Gasteiger partial charge in [0.1, 0.15) is 0 Å². The normalized spacial score (nSPS) is 24.7. The monoisotopic (exact) mass is 255 g/mol. The van der Waals surface area contributed by atoms with Crippen LogP contribution in [0.1, 0.15) is 31.4 Å². The quantitative estimate of drug-likeness (QED) is 0.801. The molecule has 0 spiro atoms. The highest BCUT2D eigenvalue weighted by Gasteiger charge is 2.23. The Bertz CT molecular complexity index is 412. The molecule has 0 N–H and O–H groups in total. The molecule has 100 valence electrons. The van der Waals surface area contributed by atoms with Gasteiger partial charge in [-0.25, -0.2) is 8.78 Å². The van der Waals surface area contributed by atoms with Gasteiger partial charge in [0.25, 0.3) is 6.43 Å². The van der Waals surface area contributed by atoms with E-state index in [9.17, 15) is 8.78 Å². The van der Waals surface area contributed by atoms with Crippen molar-refractivity contribution in [2.24, 2.45) is 0 Å². The Morgan fingerprint density at radius 1 is 1.22 bits per heavy atom. The van der Waals surface area contributed by atoms with Crippen molar-refractivity contribution in [2.45, 2.75) is 39.4 Å². The zero-order chi connectivity index (χ0) is 13.3. The molecule has 0 aromatic heterocycles. The Hall–Kier alpha value is -1.16. The molecule has 2 atom stereocenters. The number of hydrogen-bond acceptors (Lipinski definition) is 2. The van der Waals surface area contributed by atoms with Gasteiger partial charge >= 0.3 is 0 Å². The highest BCUT2D eigenvalue weighted by Crippen LogP contribution is 2.28. The molecule has 2 rings (SSSR count). The number of alkyl halides is 2. The molecular weight excluding hydrogens is 236 g/mol. The lowest BCUT2D eigenvalue weighted by atomic mass is 10.1. The zero-order valence-corrected chi connectivity index (χ0v) is 11.0. The summed E-state index contributed by atoms with van der Waals surface area (Å²) in [7, 11) is 0. The second kappa shape index (κ2) is 5.22. The van der Waals surface area contributed by atoms with Gasteiger partial charge < -0.3 is 9.64 Å². The van der Waals surface area contributed by atoms with Crippen LogP contribution in [-0.2, 0) is 4.74 Å². The van der Waals surface area contributed by atoms with Gasteiger partial charge in [0.05, 0.1) is 12.2 Å². The second-order valence-corrected chi connectivity index (χ2v) is 5.00. The SMILES string of the molecule is Cc1ccc(N2C[C@@H](C)O[C@@H](C)C2)cc1C(F)F. The number of benzene rings is 1. The van der Waals surface area contributed by atoms with Crippen molar-refractivity contribution in [3.05, 3.63) is 29.3 Å². The first-order chi connectivity index (χ1) is 8.47. The fourth-order valence-corrected chi connectivity index (χ4v) is 2.45. The molecule has 0 saturated carbocycles. The van der Waals surface area contributed by atoms with Crippen LogP contribution in [0.2, 0.25) is 0 Å². The summed E-state index contributed by atoms with van der Waals surface area (Å²) in [5.74, 6) is 0. The highest BCUT2D eigenvalue weighted by molar-refractivity contribution is 5.51. The van der Waals surface area contributed by atoms with E-state index in [0.29, 0.717) is 5.56 Å². The topological polar surface area (TPSA) is 12.5 Å². The van der Waals surface area contributed by atoms with Crippen LogP contribution in [-0.4, -0.2) is 25.3 Å². The number of aryl methyl sites for hydroxylation is 1. The maximum Gasteiger partial charge on any atom is 0.264 e. The Labute approximate surface area is 107 Å². The van der Waals surface area contributed by atoms with Gasteiger partial charge in [0, 0.05) is 24.3 Å². The van der Waals surface area contributed by atoms with Crippen LogP contribution in [0.4, 0.5) is 14.5 Å². The number of ether oxygens (including phenoxy) is 1. The molecule has 1 aromatic carbocycles. The summed E-state index contributed by atoms with van der Waals surface area (Å²) in [6.45, 7) is 7.22. The Balaban J connectivity index is 2.25. The van der Waals surface area contributed by atoms with E-state index in [1.54, 1.807) is 19.1 Å². The minimum absolute atomic E-state index is 0.124. The molecule has 1 aliphatic rings. The Kier molecular flexibility index (Phi) is 3.85. The molecule has 0 unspecified atom stereocenters. The van der Waals surface area contributed by atoms with Crippen molar-refractivity contribution in [3.63, 3.8) is 0 Å². The van der Waals surface area contributed by atoms with Crippen molar-refractivity contribution in [1.29, 1.82) is 0 Å². The van der Waals surface area contributed by atoms with E-state index in [0.717, 1.165) is 18.8 Å². The molecule has 0 bridgehead atoms. The van der Waals surface area contributed by atoms with Gasteiger partial charge in [-0.15, -0.1) is 0 Å². The number of anilines is 1. The fourth-order valence-electron chi connectivity index (χ4n) is 2.45. The summed E-state index contributed by atoms with van der Waals surface area (Å²) in [5, 5.41) is 0. The molecule has 1 saturated heterocycles. The molecule has 18 heavy (non-hydrogen) atoms. The predicted octanol–water partition coefficient (Wildman–Crippen LogP) is 3.55. The molecule has 4 heteroatoms. The zero-order valence-electron chi connectivity index (χ0n) is 11.0. The summed E-state index contributed by atoms with van der Waals surface area (Å²) in [4.78, 5) is 2.12. The molecule has 0 amide bonds. The number of halogens is 2. The van der Waals surface area contributed by atoms with Crippen molar-refractivity contribution >= 4 is 5.69 Å². The van der Waals surface area contributed by atoms with Crippen LogP contribution < -0.4 is 4.90 Å². The van der Waals surface area contributed by atoms with Crippen molar-refractivity contribution in [3.8, 4) is 0 Å². The average Bonchev–Trinajstić information content (AvgIpc) is 2.27. The van der Waals surface area contributed by atoms with Crippen LogP contribution in [0, 0.1) is 6.92 Å². The maximum atomic E-state index is 12.9. The predicted molar refractivity (Wildman–Crippen MR) is 68.4 cm³/mol. The van der Waals surface area contributed by atoms with E-state index in [1.807, 2.05) is 19.9 Å². The molecule has 1 aliphatic heterocycles. The molecule has 1 heterocycles. The van der Waals surface area contributed by atoms with E-state index in [1.165, 1.54) is 0 Å². The molecule has 1 aromatic rings. The molecule has 0 aliphatic carbocycles.